The van der Waals surface area contributed by atoms with E-state index in [1.54, 1.807) is 29.7 Å². The van der Waals surface area contributed by atoms with Crippen LogP contribution in [-0.2, 0) is 25.5 Å². The van der Waals surface area contributed by atoms with Crippen molar-refractivity contribution in [1.29, 1.82) is 0 Å². The molecular formula is C29H26N4O4S. The first-order chi connectivity index (χ1) is 18.4. The molecule has 0 saturated heterocycles. The van der Waals surface area contributed by atoms with Gasteiger partial charge in [0.2, 0.25) is 5.91 Å². The van der Waals surface area contributed by atoms with Gasteiger partial charge in [-0.3, -0.25) is 9.59 Å². The van der Waals surface area contributed by atoms with Gasteiger partial charge in [0.05, 0.1) is 10.2 Å². The van der Waals surface area contributed by atoms with Gasteiger partial charge in [0.25, 0.3) is 5.91 Å². The third-order valence-electron chi connectivity index (χ3n) is 6.07. The van der Waals surface area contributed by atoms with Crippen LogP contribution < -0.4 is 10.6 Å². The molecule has 38 heavy (non-hydrogen) atoms. The summed E-state index contributed by atoms with van der Waals surface area (Å²) in [7, 11) is 0. The monoisotopic (exact) mass is 526 g/mol. The first kappa shape index (κ1) is 25.2. The number of thiazole rings is 1. The third-order valence-corrected chi connectivity index (χ3v) is 7.13. The number of rotatable bonds is 8. The zero-order chi connectivity index (χ0) is 26.6. The molecular weight excluding hydrogens is 500 g/mol. The Morgan fingerprint density at radius 3 is 2.63 bits per heavy atom. The number of ether oxygens (including phenoxy) is 1. The number of fused-ring (bicyclic) bond motifs is 2. The first-order valence-electron chi connectivity index (χ1n) is 12.1. The molecule has 1 unspecified atom stereocenters. The molecule has 0 aliphatic heterocycles. The number of nitrogens with one attached hydrogen (secondary N) is 3. The van der Waals surface area contributed by atoms with Gasteiger partial charge in [-0.1, -0.05) is 24.3 Å². The zero-order valence-electron chi connectivity index (χ0n) is 20.9. The summed E-state index contributed by atoms with van der Waals surface area (Å²) in [5, 5.41) is 7.22. The van der Waals surface area contributed by atoms with Gasteiger partial charge in [-0.15, -0.1) is 11.3 Å². The molecule has 0 radical (unpaired) electrons. The number of anilines is 1. The molecule has 3 N–H and O–H groups in total. The van der Waals surface area contributed by atoms with Crippen molar-refractivity contribution in [3.63, 3.8) is 0 Å². The van der Waals surface area contributed by atoms with Crippen LogP contribution in [0, 0.1) is 6.92 Å². The number of aryl methyl sites for hydroxylation is 1. The Bertz CT molecular complexity index is 1640. The van der Waals surface area contributed by atoms with E-state index in [4.69, 9.17) is 4.74 Å². The molecule has 8 nitrogen and oxygen atoms in total. The molecule has 0 fully saturated rings. The summed E-state index contributed by atoms with van der Waals surface area (Å²) in [5.74, 6) is -1.52. The van der Waals surface area contributed by atoms with E-state index in [2.05, 4.69) is 33.6 Å². The van der Waals surface area contributed by atoms with E-state index in [1.165, 1.54) is 12.5 Å². The van der Waals surface area contributed by atoms with E-state index >= 15 is 0 Å². The highest BCUT2D eigenvalue weighted by Crippen LogP contribution is 2.31. The maximum absolute atomic E-state index is 12.8. The van der Waals surface area contributed by atoms with E-state index in [0.29, 0.717) is 5.69 Å². The van der Waals surface area contributed by atoms with Crippen LogP contribution in [-0.4, -0.2) is 40.4 Å². The van der Waals surface area contributed by atoms with E-state index in [-0.39, 0.29) is 12.3 Å². The van der Waals surface area contributed by atoms with Crippen LogP contribution in [0.5, 0.6) is 0 Å². The first-order valence-corrected chi connectivity index (χ1v) is 12.9. The van der Waals surface area contributed by atoms with Gasteiger partial charge in [-0.05, 0) is 60.5 Å². The number of aromatic amines is 1. The van der Waals surface area contributed by atoms with Crippen molar-refractivity contribution in [1.82, 2.24) is 15.3 Å². The second-order valence-electron chi connectivity index (χ2n) is 9.04. The fourth-order valence-corrected chi connectivity index (χ4v) is 5.31. The van der Waals surface area contributed by atoms with Crippen LogP contribution in [0.15, 0.2) is 72.9 Å². The van der Waals surface area contributed by atoms with E-state index in [9.17, 15) is 14.4 Å². The summed E-state index contributed by atoms with van der Waals surface area (Å²) >= 11 is 1.62. The lowest BCUT2D eigenvalue weighted by Gasteiger charge is -2.16. The molecule has 5 rings (SSSR count). The predicted molar refractivity (Wildman–Crippen MR) is 149 cm³/mol. The average molecular weight is 527 g/mol. The topological polar surface area (TPSA) is 113 Å². The van der Waals surface area contributed by atoms with Crippen LogP contribution in [0.2, 0.25) is 0 Å². The van der Waals surface area contributed by atoms with Crippen molar-refractivity contribution in [2.45, 2.75) is 26.3 Å². The van der Waals surface area contributed by atoms with E-state index in [0.717, 1.165) is 37.3 Å². The molecule has 9 heteroatoms. The van der Waals surface area contributed by atoms with Gasteiger partial charge in [0, 0.05) is 41.7 Å². The molecule has 0 aliphatic carbocycles. The predicted octanol–water partition coefficient (Wildman–Crippen LogP) is 4.98. The van der Waals surface area contributed by atoms with Crippen LogP contribution in [0.25, 0.3) is 31.7 Å². The summed E-state index contributed by atoms with van der Waals surface area (Å²) in [4.78, 5) is 44.8. The lowest BCUT2D eigenvalue weighted by atomic mass is 10.0. The summed E-state index contributed by atoms with van der Waals surface area (Å²) in [6, 6.07) is 20.3. The summed E-state index contributed by atoms with van der Waals surface area (Å²) < 4.78 is 6.38. The van der Waals surface area contributed by atoms with Gasteiger partial charge < -0.3 is 20.4 Å². The SMILES string of the molecule is CC(=O)NC(Cc1c[nH]c2ccccc12)C(=O)OCC(=O)Nc1ccc(-c2nc3ccc(C)cc3s2)cc1. The highest BCUT2D eigenvalue weighted by Gasteiger charge is 2.24. The second-order valence-corrected chi connectivity index (χ2v) is 10.1. The van der Waals surface area contributed by atoms with E-state index in [1.807, 2.05) is 48.5 Å². The highest BCUT2D eigenvalue weighted by atomic mass is 32.1. The van der Waals surface area contributed by atoms with Crippen LogP contribution >= 0.6 is 11.3 Å². The van der Waals surface area contributed by atoms with Crippen LogP contribution in [0.4, 0.5) is 5.69 Å². The standard InChI is InChI=1S/C29H26N4O4S/c1-17-7-12-24-26(13-17)38-28(33-24)19-8-10-21(11-9-19)32-27(35)16-37-29(36)25(31-18(2)34)14-20-15-30-23-6-4-3-5-22(20)23/h3-13,15,25,30H,14,16H2,1-2H3,(H,31,34)(H,32,35). The van der Waals surface area contributed by atoms with Crippen molar-refractivity contribution in [2.24, 2.45) is 0 Å². The Hall–Kier alpha value is -4.50. The number of H-pyrrole nitrogens is 1. The number of amides is 2. The number of para-hydroxylation sites is 1. The lowest BCUT2D eigenvalue weighted by molar-refractivity contribution is -0.150. The minimum atomic E-state index is -0.920. The van der Waals surface area contributed by atoms with Gasteiger partial charge in [-0.25, -0.2) is 9.78 Å². The van der Waals surface area contributed by atoms with Crippen molar-refractivity contribution in [3.05, 3.63) is 84.1 Å². The Morgan fingerprint density at radius 2 is 1.84 bits per heavy atom. The maximum atomic E-state index is 12.8. The molecule has 2 heterocycles. The highest BCUT2D eigenvalue weighted by molar-refractivity contribution is 7.21. The Morgan fingerprint density at radius 1 is 1.05 bits per heavy atom. The molecule has 2 aromatic heterocycles. The van der Waals surface area contributed by atoms with Crippen molar-refractivity contribution in [2.75, 3.05) is 11.9 Å². The normalized spacial score (nSPS) is 11.8. The number of hydrogen-bond donors (Lipinski definition) is 3. The Kier molecular flexibility index (Phi) is 7.19. The number of carbonyl (C=O) groups excluding carboxylic acids is 3. The van der Waals surface area contributed by atoms with Gasteiger partial charge in [-0.2, -0.15) is 0 Å². The molecule has 0 saturated carbocycles. The smallest absolute Gasteiger partial charge is 0.329 e. The Labute approximate surface area is 223 Å². The largest absolute Gasteiger partial charge is 0.454 e. The van der Waals surface area contributed by atoms with Crippen molar-refractivity contribution < 1.29 is 19.1 Å². The molecule has 192 valence electrons. The molecule has 0 bridgehead atoms. The summed E-state index contributed by atoms with van der Waals surface area (Å²) in [6.07, 6.45) is 2.04. The fourth-order valence-electron chi connectivity index (χ4n) is 4.24. The molecule has 3 aromatic carbocycles. The quantitative estimate of drug-likeness (QED) is 0.247. The number of aromatic nitrogens is 2. The third kappa shape index (κ3) is 5.73. The number of carbonyl (C=O) groups is 3. The summed E-state index contributed by atoms with van der Waals surface area (Å²) in [6.45, 7) is 2.92. The molecule has 1 atom stereocenters. The average Bonchev–Trinajstić information content (AvgIpc) is 3.51. The molecule has 0 aliphatic rings. The molecule has 0 spiro atoms. The van der Waals surface area contributed by atoms with Crippen molar-refractivity contribution >= 4 is 55.9 Å². The number of hydrogen-bond acceptors (Lipinski definition) is 6. The van der Waals surface area contributed by atoms with Crippen LogP contribution in [0.1, 0.15) is 18.1 Å². The number of benzene rings is 3. The molecule has 2 amide bonds. The zero-order valence-corrected chi connectivity index (χ0v) is 21.7. The lowest BCUT2D eigenvalue weighted by Crippen LogP contribution is -2.43. The minimum absolute atomic E-state index is 0.233. The van der Waals surface area contributed by atoms with Gasteiger partial charge in [0.1, 0.15) is 11.0 Å². The van der Waals surface area contributed by atoms with Gasteiger partial charge in [0.15, 0.2) is 6.61 Å². The fraction of sp³-hybridized carbons (Fsp3) is 0.172. The number of esters is 1. The van der Waals surface area contributed by atoms with Crippen LogP contribution in [0.3, 0.4) is 0 Å². The van der Waals surface area contributed by atoms with Crippen molar-refractivity contribution in [3.8, 4) is 10.6 Å². The molecule has 5 aromatic rings. The van der Waals surface area contributed by atoms with Gasteiger partial charge >= 0.3 is 5.97 Å². The summed E-state index contributed by atoms with van der Waals surface area (Å²) in [5.41, 5.74) is 5.46. The number of nitrogens with zero attached hydrogens (tertiary/aromatic N) is 1. The maximum Gasteiger partial charge on any atom is 0.329 e. The minimum Gasteiger partial charge on any atom is -0.454 e. The Balaban J connectivity index is 1.18. The van der Waals surface area contributed by atoms with E-state index < -0.39 is 24.5 Å². The second kappa shape index (κ2) is 10.9.